The zero-order chi connectivity index (χ0) is 23.5. The Morgan fingerprint density at radius 2 is 2.00 bits per heavy atom. The highest BCUT2D eigenvalue weighted by atomic mass is 79.9. The van der Waals surface area contributed by atoms with Crippen molar-refractivity contribution in [3.05, 3.63) is 70.2 Å². The molecule has 0 spiro atoms. The van der Waals surface area contributed by atoms with Gasteiger partial charge in [-0.1, -0.05) is 6.07 Å². The number of ether oxygens (including phenoxy) is 1. The lowest BCUT2D eigenvalue weighted by Gasteiger charge is -2.12. The summed E-state index contributed by atoms with van der Waals surface area (Å²) >= 11 is 8.64. The number of benzene rings is 3. The number of carbonyl (C=O) groups excluding carboxylic acids is 1. The first-order chi connectivity index (χ1) is 15.8. The fourth-order valence-corrected chi connectivity index (χ4v) is 3.89. The maximum Gasteiger partial charge on any atom is 0.257 e. The van der Waals surface area contributed by atoms with Crippen molar-refractivity contribution in [2.24, 2.45) is 0 Å². The van der Waals surface area contributed by atoms with Crippen LogP contribution in [0.4, 0.5) is 5.69 Å². The third kappa shape index (κ3) is 5.15. The zero-order valence-electron chi connectivity index (χ0n) is 17.8. The smallest absolute Gasteiger partial charge is 0.257 e. The van der Waals surface area contributed by atoms with Gasteiger partial charge in [0.2, 0.25) is 5.89 Å². The van der Waals surface area contributed by atoms with E-state index in [4.69, 9.17) is 21.4 Å². The van der Waals surface area contributed by atoms with Crippen molar-refractivity contribution >= 4 is 56.0 Å². The normalized spacial score (nSPS) is 10.8. The highest BCUT2D eigenvalue weighted by Gasteiger charge is 2.15. The fraction of sp³-hybridized carbons (Fsp3) is 0.125. The van der Waals surface area contributed by atoms with Gasteiger partial charge in [0.25, 0.3) is 5.91 Å². The molecule has 0 saturated carbocycles. The molecule has 0 fully saturated rings. The van der Waals surface area contributed by atoms with E-state index in [-0.39, 0.29) is 16.8 Å². The Morgan fingerprint density at radius 3 is 2.73 bits per heavy atom. The number of thiocarbonyl (C=S) groups is 1. The monoisotopic (exact) mass is 525 g/mol. The molecule has 0 radical (unpaired) electrons. The van der Waals surface area contributed by atoms with Crippen LogP contribution in [0.15, 0.2) is 63.5 Å². The summed E-state index contributed by atoms with van der Waals surface area (Å²) < 4.78 is 11.9. The van der Waals surface area contributed by atoms with Crippen molar-refractivity contribution < 1.29 is 19.1 Å². The molecular weight excluding hydrogens is 506 g/mol. The summed E-state index contributed by atoms with van der Waals surface area (Å²) in [6.45, 7) is 4.38. The number of nitrogens with one attached hydrogen (secondary N) is 2. The zero-order valence-corrected chi connectivity index (χ0v) is 20.2. The molecule has 3 aromatic carbocycles. The summed E-state index contributed by atoms with van der Waals surface area (Å²) in [6, 6.07) is 15.6. The number of aromatic hydroxyl groups is 1. The van der Waals surface area contributed by atoms with Crippen LogP contribution in [0.3, 0.4) is 0 Å². The summed E-state index contributed by atoms with van der Waals surface area (Å²) in [6.07, 6.45) is 0. The molecular formula is C24H20BrN3O4S. The van der Waals surface area contributed by atoms with E-state index >= 15 is 0 Å². The van der Waals surface area contributed by atoms with E-state index in [2.05, 4.69) is 31.5 Å². The topological polar surface area (TPSA) is 96.6 Å². The summed E-state index contributed by atoms with van der Waals surface area (Å²) in [5, 5.41) is 16.1. The van der Waals surface area contributed by atoms with Crippen molar-refractivity contribution in [2.45, 2.75) is 13.8 Å². The fourth-order valence-electron chi connectivity index (χ4n) is 3.19. The summed E-state index contributed by atoms with van der Waals surface area (Å²) in [5.41, 5.74) is 3.78. The predicted molar refractivity (Wildman–Crippen MR) is 135 cm³/mol. The number of hydrogen-bond donors (Lipinski definition) is 3. The summed E-state index contributed by atoms with van der Waals surface area (Å²) in [4.78, 5) is 16.9. The summed E-state index contributed by atoms with van der Waals surface area (Å²) in [5.74, 6) is 0.558. The van der Waals surface area contributed by atoms with Crippen molar-refractivity contribution in [3.8, 4) is 23.0 Å². The first-order valence-electron chi connectivity index (χ1n) is 10.1. The molecule has 9 heteroatoms. The van der Waals surface area contributed by atoms with Gasteiger partial charge in [-0.2, -0.15) is 0 Å². The van der Waals surface area contributed by atoms with E-state index < -0.39 is 0 Å². The number of aromatic nitrogens is 1. The summed E-state index contributed by atoms with van der Waals surface area (Å²) in [7, 11) is 0. The number of hydrogen-bond acceptors (Lipinski definition) is 6. The molecule has 1 amide bonds. The van der Waals surface area contributed by atoms with Crippen molar-refractivity contribution in [1.82, 2.24) is 10.3 Å². The molecule has 168 valence electrons. The Morgan fingerprint density at radius 1 is 1.18 bits per heavy atom. The molecule has 7 nitrogen and oxygen atoms in total. The molecule has 0 aliphatic carbocycles. The third-order valence-electron chi connectivity index (χ3n) is 4.75. The number of carbonyl (C=O) groups is 1. The van der Waals surface area contributed by atoms with Gasteiger partial charge in [-0.05, 0) is 90.0 Å². The Kier molecular flexibility index (Phi) is 6.62. The molecule has 4 aromatic rings. The number of anilines is 1. The van der Waals surface area contributed by atoms with Crippen LogP contribution in [0.2, 0.25) is 0 Å². The van der Waals surface area contributed by atoms with Gasteiger partial charge in [0.05, 0.1) is 16.6 Å². The number of phenolic OH excluding ortho intramolecular Hbond substituents is 1. The number of amides is 1. The van der Waals surface area contributed by atoms with Crippen LogP contribution < -0.4 is 15.4 Å². The first kappa shape index (κ1) is 22.8. The van der Waals surface area contributed by atoms with Gasteiger partial charge in [-0.15, -0.1) is 0 Å². The number of rotatable bonds is 5. The molecule has 0 atom stereocenters. The second-order valence-electron chi connectivity index (χ2n) is 7.21. The average Bonchev–Trinajstić information content (AvgIpc) is 3.18. The van der Waals surface area contributed by atoms with Crippen LogP contribution in [0.1, 0.15) is 22.8 Å². The van der Waals surface area contributed by atoms with Crippen molar-refractivity contribution in [2.75, 3.05) is 11.9 Å². The van der Waals surface area contributed by atoms with E-state index in [1.807, 2.05) is 32.0 Å². The van der Waals surface area contributed by atoms with Gasteiger partial charge < -0.3 is 19.6 Å². The lowest BCUT2D eigenvalue weighted by atomic mass is 10.2. The highest BCUT2D eigenvalue weighted by Crippen LogP contribution is 2.33. The average molecular weight is 526 g/mol. The number of oxazole rings is 1. The molecule has 0 aliphatic rings. The van der Waals surface area contributed by atoms with Crippen LogP contribution in [0.5, 0.6) is 11.5 Å². The van der Waals surface area contributed by atoms with Crippen LogP contribution in [-0.2, 0) is 0 Å². The molecule has 0 saturated heterocycles. The van der Waals surface area contributed by atoms with Crippen LogP contribution in [0, 0.1) is 6.92 Å². The lowest BCUT2D eigenvalue weighted by molar-refractivity contribution is 0.0977. The SMILES string of the molecule is CCOc1ccc(C(=O)NC(=S)Nc2ccc(-c3nc4ccc(C)cc4o3)c(O)c2)cc1Br. The van der Waals surface area contributed by atoms with Gasteiger partial charge in [-0.3, -0.25) is 10.1 Å². The number of fused-ring (bicyclic) bond motifs is 1. The Bertz CT molecular complexity index is 1370. The number of halogens is 1. The van der Waals surface area contributed by atoms with Crippen molar-refractivity contribution in [1.29, 1.82) is 0 Å². The number of nitrogens with zero attached hydrogens (tertiary/aromatic N) is 1. The maximum absolute atomic E-state index is 12.5. The maximum atomic E-state index is 12.5. The van der Waals surface area contributed by atoms with Gasteiger partial charge in [0.15, 0.2) is 10.7 Å². The molecule has 4 rings (SSSR count). The van der Waals surface area contributed by atoms with Crippen LogP contribution in [-0.4, -0.2) is 27.7 Å². The molecule has 0 unspecified atom stereocenters. The second-order valence-corrected chi connectivity index (χ2v) is 8.47. The Labute approximate surface area is 203 Å². The van der Waals surface area contributed by atoms with E-state index in [0.29, 0.717) is 50.6 Å². The van der Waals surface area contributed by atoms with Gasteiger partial charge >= 0.3 is 0 Å². The molecule has 1 aromatic heterocycles. The van der Waals surface area contributed by atoms with E-state index in [0.717, 1.165) is 5.56 Å². The largest absolute Gasteiger partial charge is 0.507 e. The molecule has 0 aliphatic heterocycles. The predicted octanol–water partition coefficient (Wildman–Crippen LogP) is 5.80. The number of aryl methyl sites for hydroxylation is 1. The minimum Gasteiger partial charge on any atom is -0.507 e. The quantitative estimate of drug-likeness (QED) is 0.283. The second kappa shape index (κ2) is 9.60. The van der Waals surface area contributed by atoms with Gasteiger partial charge in [-0.25, -0.2) is 4.98 Å². The minimum atomic E-state index is -0.376. The Hall–Kier alpha value is -3.43. The van der Waals surface area contributed by atoms with Gasteiger partial charge in [0.1, 0.15) is 17.0 Å². The minimum absolute atomic E-state index is 0.0344. The van der Waals surface area contributed by atoms with E-state index in [1.54, 1.807) is 30.3 Å². The molecule has 3 N–H and O–H groups in total. The lowest BCUT2D eigenvalue weighted by Crippen LogP contribution is -2.34. The first-order valence-corrected chi connectivity index (χ1v) is 11.3. The standard InChI is InChI=1S/C24H20BrN3O4S/c1-3-31-20-9-5-14(11-17(20)25)22(30)28-24(33)26-15-6-7-16(19(29)12-15)23-27-18-8-4-13(2)10-21(18)32-23/h4-12,29H,3H2,1-2H3,(H2,26,28,30,33). The number of phenols is 1. The van der Waals surface area contributed by atoms with Crippen LogP contribution >= 0.6 is 28.1 Å². The third-order valence-corrected chi connectivity index (χ3v) is 5.57. The molecule has 1 heterocycles. The van der Waals surface area contributed by atoms with Gasteiger partial charge in [0, 0.05) is 17.3 Å². The molecule has 0 bridgehead atoms. The van der Waals surface area contributed by atoms with E-state index in [1.165, 1.54) is 6.07 Å². The highest BCUT2D eigenvalue weighted by molar-refractivity contribution is 9.10. The van der Waals surface area contributed by atoms with Crippen molar-refractivity contribution in [3.63, 3.8) is 0 Å². The Balaban J connectivity index is 1.44. The van der Waals surface area contributed by atoms with E-state index in [9.17, 15) is 9.90 Å². The molecule has 33 heavy (non-hydrogen) atoms. The van der Waals surface area contributed by atoms with Crippen LogP contribution in [0.25, 0.3) is 22.6 Å².